The minimum atomic E-state index is -4.55. The number of amides is 1. The lowest BCUT2D eigenvalue weighted by molar-refractivity contribution is -0.137. The largest absolute Gasteiger partial charge is 0.416 e. The van der Waals surface area contributed by atoms with Gasteiger partial charge in [0.15, 0.2) is 11.2 Å². The molecule has 2 heterocycles. The Labute approximate surface area is 198 Å². The number of anilines is 2. The fraction of sp³-hybridized carbons (Fsp3) is 0.478. The molecule has 0 bridgehead atoms. The number of imidazole rings is 1. The Balaban J connectivity index is 1.54. The smallest absolute Gasteiger partial charge is 0.381 e. The van der Waals surface area contributed by atoms with Crippen molar-refractivity contribution in [2.45, 2.75) is 57.3 Å². The van der Waals surface area contributed by atoms with E-state index in [0.29, 0.717) is 5.69 Å². The van der Waals surface area contributed by atoms with E-state index in [1.54, 1.807) is 0 Å². The molecule has 0 radical (unpaired) electrons. The quantitative estimate of drug-likeness (QED) is 0.550. The van der Waals surface area contributed by atoms with Gasteiger partial charge in [-0.15, -0.1) is 0 Å². The first kappa shape index (κ1) is 24.6. The minimum absolute atomic E-state index is 0.0557. The van der Waals surface area contributed by atoms with Gasteiger partial charge in [0.05, 0.1) is 23.3 Å². The number of hydrogen-bond acceptors (Lipinski definition) is 5. The number of halogens is 3. The maximum Gasteiger partial charge on any atom is 0.416 e. The molecule has 1 aromatic carbocycles. The average molecular weight is 493 g/mol. The Hall–Kier alpha value is -3.57. The summed E-state index contributed by atoms with van der Waals surface area (Å²) in [6, 6.07) is 3.41. The van der Waals surface area contributed by atoms with Gasteiger partial charge in [-0.3, -0.25) is 18.7 Å². The van der Waals surface area contributed by atoms with Crippen LogP contribution in [0.2, 0.25) is 0 Å². The van der Waals surface area contributed by atoms with Crippen LogP contribution in [-0.4, -0.2) is 30.6 Å². The molecule has 0 atom stereocenters. The lowest BCUT2D eigenvalue weighted by Crippen LogP contribution is -2.37. The van der Waals surface area contributed by atoms with Crippen molar-refractivity contribution < 1.29 is 18.0 Å². The molecule has 0 spiro atoms. The maximum absolute atomic E-state index is 13.3. The van der Waals surface area contributed by atoms with Crippen LogP contribution in [0.5, 0.6) is 0 Å². The van der Waals surface area contributed by atoms with Crippen LogP contribution >= 0.6 is 0 Å². The summed E-state index contributed by atoms with van der Waals surface area (Å²) in [7, 11) is 2.84. The molecule has 1 amide bonds. The molecular weight excluding hydrogens is 465 g/mol. The van der Waals surface area contributed by atoms with Gasteiger partial charge >= 0.3 is 11.9 Å². The van der Waals surface area contributed by atoms with Crippen LogP contribution in [-0.2, 0) is 31.6 Å². The fourth-order valence-electron chi connectivity index (χ4n) is 4.42. The van der Waals surface area contributed by atoms with Crippen molar-refractivity contribution in [3.8, 4) is 0 Å². The Kier molecular flexibility index (Phi) is 6.73. The Morgan fingerprint density at radius 3 is 2.49 bits per heavy atom. The summed E-state index contributed by atoms with van der Waals surface area (Å²) in [5.74, 6) is -0.514. The highest BCUT2D eigenvalue weighted by atomic mass is 19.4. The number of aryl methyl sites for hydroxylation is 2. The average Bonchev–Trinajstić information content (AvgIpc) is 3.25. The third kappa shape index (κ3) is 5.10. The van der Waals surface area contributed by atoms with Crippen molar-refractivity contribution in [2.24, 2.45) is 14.1 Å². The molecule has 12 heteroatoms. The van der Waals surface area contributed by atoms with Crippen LogP contribution in [0.4, 0.5) is 24.5 Å². The summed E-state index contributed by atoms with van der Waals surface area (Å²) >= 11 is 0. The minimum Gasteiger partial charge on any atom is -0.381 e. The lowest BCUT2D eigenvalue weighted by atomic mass is 9.95. The Morgan fingerprint density at radius 1 is 1.09 bits per heavy atom. The van der Waals surface area contributed by atoms with Gasteiger partial charge in [-0.25, -0.2) is 9.78 Å². The van der Waals surface area contributed by atoms with Crippen molar-refractivity contribution in [3.05, 3.63) is 50.9 Å². The molecule has 2 aromatic heterocycles. The molecule has 0 unspecified atom stereocenters. The zero-order valence-corrected chi connectivity index (χ0v) is 19.5. The zero-order chi connectivity index (χ0) is 25.3. The third-order valence-electron chi connectivity index (χ3n) is 6.38. The van der Waals surface area contributed by atoms with E-state index in [-0.39, 0.29) is 35.9 Å². The van der Waals surface area contributed by atoms with Crippen LogP contribution < -0.4 is 21.9 Å². The van der Waals surface area contributed by atoms with Gasteiger partial charge in [-0.05, 0) is 31.0 Å². The SMILES string of the molecule is Cn1c(=O)c2c(ncn2CCC(=O)Nc2cc(C(F)(F)F)ccc2NC2CCCCC2)n(C)c1=O. The molecule has 188 valence electrons. The van der Waals surface area contributed by atoms with E-state index in [9.17, 15) is 27.6 Å². The molecule has 1 aliphatic carbocycles. The second-order valence-corrected chi connectivity index (χ2v) is 8.85. The van der Waals surface area contributed by atoms with Gasteiger partial charge in [-0.2, -0.15) is 13.2 Å². The van der Waals surface area contributed by atoms with E-state index in [1.807, 2.05) is 0 Å². The topological polar surface area (TPSA) is 103 Å². The number of nitrogens with one attached hydrogen (secondary N) is 2. The van der Waals surface area contributed by atoms with E-state index in [1.165, 1.54) is 35.6 Å². The first-order valence-corrected chi connectivity index (χ1v) is 11.4. The number of fused-ring (bicyclic) bond motifs is 1. The van der Waals surface area contributed by atoms with Gasteiger partial charge in [-0.1, -0.05) is 19.3 Å². The number of carbonyl (C=O) groups is 1. The molecule has 35 heavy (non-hydrogen) atoms. The van der Waals surface area contributed by atoms with Crippen LogP contribution in [0.25, 0.3) is 11.2 Å². The number of aromatic nitrogens is 4. The molecular formula is C23H27F3N6O3. The standard InChI is InChI=1S/C23H27F3N6O3/c1-30-20-19(21(34)31(2)22(30)35)32(13-27-20)11-10-18(33)29-17-12-14(23(24,25)26)8-9-16(17)28-15-6-4-3-5-7-15/h8-9,12-13,15,28H,3-7,10-11H2,1-2H3,(H,29,33). The van der Waals surface area contributed by atoms with Crippen LogP contribution in [0.1, 0.15) is 44.1 Å². The number of rotatable bonds is 6. The normalized spacial score (nSPS) is 14.9. The van der Waals surface area contributed by atoms with Gasteiger partial charge in [0.2, 0.25) is 5.91 Å². The molecule has 1 fully saturated rings. The summed E-state index contributed by atoms with van der Waals surface area (Å²) in [6.07, 6.45) is 1.76. The Morgan fingerprint density at radius 2 is 1.80 bits per heavy atom. The van der Waals surface area contributed by atoms with E-state index in [0.717, 1.165) is 48.8 Å². The maximum atomic E-state index is 13.3. The predicted octanol–water partition coefficient (Wildman–Crippen LogP) is 3.23. The second kappa shape index (κ2) is 9.59. The van der Waals surface area contributed by atoms with Crippen molar-refractivity contribution in [1.29, 1.82) is 0 Å². The van der Waals surface area contributed by atoms with Crippen molar-refractivity contribution in [2.75, 3.05) is 10.6 Å². The fourth-order valence-corrected chi connectivity index (χ4v) is 4.42. The highest BCUT2D eigenvalue weighted by molar-refractivity contribution is 5.94. The van der Waals surface area contributed by atoms with Crippen molar-refractivity contribution >= 4 is 28.4 Å². The number of nitrogens with zero attached hydrogens (tertiary/aromatic N) is 4. The van der Waals surface area contributed by atoms with E-state index < -0.39 is 28.9 Å². The number of hydrogen-bond donors (Lipinski definition) is 2. The Bertz CT molecular complexity index is 1370. The third-order valence-corrected chi connectivity index (χ3v) is 6.38. The molecule has 1 aliphatic rings. The van der Waals surface area contributed by atoms with Gasteiger partial charge < -0.3 is 15.2 Å². The van der Waals surface area contributed by atoms with E-state index in [4.69, 9.17) is 0 Å². The second-order valence-electron chi connectivity index (χ2n) is 8.85. The molecule has 1 saturated carbocycles. The van der Waals surface area contributed by atoms with Gasteiger partial charge in [0.25, 0.3) is 5.56 Å². The first-order valence-electron chi connectivity index (χ1n) is 11.4. The molecule has 0 saturated heterocycles. The zero-order valence-electron chi connectivity index (χ0n) is 19.5. The van der Waals surface area contributed by atoms with Crippen LogP contribution in [0.15, 0.2) is 34.1 Å². The molecule has 3 aromatic rings. The summed E-state index contributed by atoms with van der Waals surface area (Å²) in [5.41, 5.74) is -1.06. The van der Waals surface area contributed by atoms with E-state index in [2.05, 4.69) is 15.6 Å². The van der Waals surface area contributed by atoms with Crippen molar-refractivity contribution in [1.82, 2.24) is 18.7 Å². The van der Waals surface area contributed by atoms with Gasteiger partial charge in [0, 0.05) is 33.1 Å². The van der Waals surface area contributed by atoms with Crippen LogP contribution in [0.3, 0.4) is 0 Å². The molecule has 9 nitrogen and oxygen atoms in total. The summed E-state index contributed by atoms with van der Waals surface area (Å²) < 4.78 is 43.6. The molecule has 2 N–H and O–H groups in total. The first-order chi connectivity index (χ1) is 16.6. The highest BCUT2D eigenvalue weighted by Gasteiger charge is 2.31. The van der Waals surface area contributed by atoms with Crippen molar-refractivity contribution in [3.63, 3.8) is 0 Å². The number of benzene rings is 1. The predicted molar refractivity (Wildman–Crippen MR) is 125 cm³/mol. The molecule has 4 rings (SSSR count). The van der Waals surface area contributed by atoms with Gasteiger partial charge in [0.1, 0.15) is 0 Å². The number of carbonyl (C=O) groups excluding carboxylic acids is 1. The number of alkyl halides is 3. The highest BCUT2D eigenvalue weighted by Crippen LogP contribution is 2.35. The summed E-state index contributed by atoms with van der Waals surface area (Å²) in [4.78, 5) is 41.5. The monoisotopic (exact) mass is 492 g/mol. The molecule has 0 aliphatic heterocycles. The summed E-state index contributed by atoms with van der Waals surface area (Å²) in [5, 5.41) is 5.87. The summed E-state index contributed by atoms with van der Waals surface area (Å²) in [6.45, 7) is 0.0557. The van der Waals surface area contributed by atoms with Crippen LogP contribution in [0, 0.1) is 0 Å². The lowest BCUT2D eigenvalue weighted by Gasteiger charge is -2.25. The van der Waals surface area contributed by atoms with E-state index >= 15 is 0 Å².